The van der Waals surface area contributed by atoms with Crippen molar-refractivity contribution in [3.63, 3.8) is 0 Å². The number of nitrogens with zero attached hydrogens (tertiary/aromatic N) is 4. The molecule has 25 nitrogen and oxygen atoms in total. The van der Waals surface area contributed by atoms with Crippen molar-refractivity contribution in [2.24, 2.45) is 11.1 Å². The average molecular weight is 1160 g/mol. The van der Waals surface area contributed by atoms with Gasteiger partial charge >= 0.3 is 5.97 Å². The number of ether oxygens (including phenoxy) is 3. The molecule has 1 heterocycles. The highest BCUT2D eigenvalue weighted by Crippen LogP contribution is 2.41. The van der Waals surface area contributed by atoms with Crippen molar-refractivity contribution in [1.82, 2.24) is 45.9 Å². The van der Waals surface area contributed by atoms with Crippen LogP contribution in [0.5, 0.6) is 0 Å². The number of carbonyl (C=O) groups is 10. The smallest absolute Gasteiger partial charge is 0.303 e. The molecule has 0 saturated carbocycles. The van der Waals surface area contributed by atoms with E-state index in [9.17, 15) is 57.4 Å². The number of primary amides is 1. The van der Waals surface area contributed by atoms with Gasteiger partial charge in [-0.25, -0.2) is 8.78 Å². The summed E-state index contributed by atoms with van der Waals surface area (Å²) in [7, 11) is 4.17. The van der Waals surface area contributed by atoms with E-state index in [1.807, 2.05) is 30.3 Å². The summed E-state index contributed by atoms with van der Waals surface area (Å²) >= 11 is 0. The first kappa shape index (κ1) is 68.4. The highest BCUT2D eigenvalue weighted by molar-refractivity contribution is 5.97. The van der Waals surface area contributed by atoms with Gasteiger partial charge in [0.1, 0.15) is 49.0 Å². The van der Waals surface area contributed by atoms with Gasteiger partial charge in [0, 0.05) is 76.8 Å². The monoisotopic (exact) mass is 1160 g/mol. The van der Waals surface area contributed by atoms with Gasteiger partial charge in [0.05, 0.1) is 51.9 Å². The van der Waals surface area contributed by atoms with Crippen LogP contribution in [0.1, 0.15) is 77.6 Å². The molecule has 0 saturated heterocycles. The van der Waals surface area contributed by atoms with Crippen LogP contribution in [0, 0.1) is 17.0 Å². The molecule has 0 aliphatic carbocycles. The minimum atomic E-state index is -1.77. The predicted molar refractivity (Wildman–Crippen MR) is 292 cm³/mol. The lowest BCUT2D eigenvalue weighted by atomic mass is 9.82. The molecule has 5 atom stereocenters. The standard InChI is InChI=1S/C55H78F2N10O15/c1-34(65(7)54(79)35(2)64(6)48(73)33-82-25-24-81-23-22-80-8)51(76)63-42(28-44(58)69)53(78)62-41(52(77)60-20-19-59-46(71)29-61-45(70)16-17-49(74)75)18-21-67(47(72)32-68)50(55(3,4)5)43-26-37(39-27-38(56)14-15-40(39)57)31-66(43)30-36-12-10-9-11-13-36/h9-15,26-27,31,34-35,41-42,50,68H,16-25,28-30,32-33H2,1-8H3,(H2,58,69)(H,59,71)(H,60,77)(H,61,70)(H,62,78)(H,63,76)(H,74,75)/t34-,35-,41-,42-,50-/m0/s1. The van der Waals surface area contributed by atoms with E-state index in [1.165, 1.54) is 40.0 Å². The molecule has 0 spiro atoms. The lowest BCUT2D eigenvalue weighted by Crippen LogP contribution is -2.59. The number of carboxylic acid groups (broad SMARTS) is 1. The van der Waals surface area contributed by atoms with Crippen LogP contribution in [0.15, 0.2) is 60.8 Å². The van der Waals surface area contributed by atoms with Crippen LogP contribution in [-0.4, -0.2) is 200 Å². The fourth-order valence-corrected chi connectivity index (χ4v) is 8.34. The summed E-state index contributed by atoms with van der Waals surface area (Å²) in [5.41, 5.74) is 6.03. The van der Waals surface area contributed by atoms with Crippen LogP contribution < -0.4 is 32.3 Å². The maximum Gasteiger partial charge on any atom is 0.303 e. The Bertz CT molecular complexity index is 2670. The second-order valence-electron chi connectivity index (χ2n) is 20.3. The van der Waals surface area contributed by atoms with E-state index in [4.69, 9.17) is 25.1 Å². The zero-order chi connectivity index (χ0) is 61.3. The molecule has 0 unspecified atom stereocenters. The number of aliphatic carboxylic acids is 1. The fraction of sp³-hybridized carbons (Fsp3) is 0.527. The van der Waals surface area contributed by atoms with E-state index in [0.29, 0.717) is 18.9 Å². The number of methoxy groups -OCH3 is 1. The Morgan fingerprint density at radius 3 is 2.02 bits per heavy atom. The third-order valence-corrected chi connectivity index (χ3v) is 13.0. The molecule has 0 fully saturated rings. The van der Waals surface area contributed by atoms with Crippen molar-refractivity contribution in [1.29, 1.82) is 0 Å². The van der Waals surface area contributed by atoms with Gasteiger partial charge in [-0.2, -0.15) is 0 Å². The Morgan fingerprint density at radius 1 is 0.744 bits per heavy atom. The number of hydrogen-bond acceptors (Lipinski definition) is 14. The highest BCUT2D eigenvalue weighted by Gasteiger charge is 2.39. The molecule has 0 radical (unpaired) electrons. The number of likely N-dealkylation sites (N-methyl/N-ethyl adjacent to an activating group) is 2. The lowest BCUT2D eigenvalue weighted by molar-refractivity contribution is -0.148. The highest BCUT2D eigenvalue weighted by atomic mass is 19.1. The number of nitrogens with two attached hydrogens (primary N) is 1. The summed E-state index contributed by atoms with van der Waals surface area (Å²) in [6, 6.07) is 6.88. The molecular weight excluding hydrogens is 1080 g/mol. The SMILES string of the molecule is COCCOCCOCC(=O)N(C)[C@@H](C)C(=O)N(C)[C@@H](C)C(=O)N[C@@H](CC(N)=O)C(=O)N[C@@H](CCN(C(=O)CO)[C@@H](c1cc(-c2cc(F)ccc2F)cn1Cc1ccccc1)C(C)(C)C)C(=O)NCCNC(=O)CNC(=O)CCC(=O)O. The third-order valence-electron chi connectivity index (χ3n) is 13.0. The summed E-state index contributed by atoms with van der Waals surface area (Å²) in [6.07, 6.45) is -0.454. The largest absolute Gasteiger partial charge is 0.481 e. The van der Waals surface area contributed by atoms with Crippen molar-refractivity contribution in [2.45, 2.75) is 97.1 Å². The van der Waals surface area contributed by atoms with Gasteiger partial charge in [0.25, 0.3) is 0 Å². The van der Waals surface area contributed by atoms with Crippen LogP contribution in [0.25, 0.3) is 11.1 Å². The molecule has 3 aromatic rings. The number of carboxylic acids is 1. The number of benzene rings is 2. The van der Waals surface area contributed by atoms with E-state index >= 15 is 4.39 Å². The average Bonchev–Trinajstić information content (AvgIpc) is 4.09. The Morgan fingerprint density at radius 2 is 1.39 bits per heavy atom. The minimum absolute atomic E-state index is 0.0746. The second-order valence-corrected chi connectivity index (χ2v) is 20.3. The van der Waals surface area contributed by atoms with Crippen molar-refractivity contribution in [3.8, 4) is 11.1 Å². The molecule has 0 aliphatic heterocycles. The van der Waals surface area contributed by atoms with Crippen molar-refractivity contribution in [3.05, 3.63) is 83.7 Å². The quantitative estimate of drug-likeness (QED) is 0.0365. The van der Waals surface area contributed by atoms with Crippen LogP contribution in [0.2, 0.25) is 0 Å². The lowest BCUT2D eigenvalue weighted by Gasteiger charge is -2.41. The van der Waals surface area contributed by atoms with Crippen molar-refractivity contribution >= 4 is 59.1 Å². The molecule has 27 heteroatoms. The van der Waals surface area contributed by atoms with E-state index in [-0.39, 0.29) is 63.5 Å². The van der Waals surface area contributed by atoms with Crippen molar-refractivity contribution < 1.29 is 81.1 Å². The Kier molecular flexibility index (Phi) is 28.2. The van der Waals surface area contributed by atoms with Gasteiger partial charge in [-0.3, -0.25) is 47.9 Å². The van der Waals surface area contributed by atoms with E-state index in [0.717, 1.165) is 33.6 Å². The third kappa shape index (κ3) is 22.2. The van der Waals surface area contributed by atoms with Gasteiger partial charge in [0.2, 0.25) is 53.2 Å². The molecular formula is C55H78F2N10O15. The number of hydrogen-bond donors (Lipinski definition) is 8. The zero-order valence-corrected chi connectivity index (χ0v) is 47.6. The Balaban J connectivity index is 1.97. The maximum absolute atomic E-state index is 15.4. The predicted octanol–water partition coefficient (Wildman–Crippen LogP) is 0.212. The normalized spacial score (nSPS) is 13.1. The van der Waals surface area contributed by atoms with Crippen LogP contribution >= 0.6 is 0 Å². The van der Waals surface area contributed by atoms with Crippen LogP contribution in [-0.2, 0) is 68.7 Å². The maximum atomic E-state index is 15.4. The first-order valence-electron chi connectivity index (χ1n) is 26.4. The number of halogens is 2. The summed E-state index contributed by atoms with van der Waals surface area (Å²) < 4.78 is 47.4. The Labute approximate surface area is 474 Å². The molecule has 9 amide bonds. The summed E-state index contributed by atoms with van der Waals surface area (Å²) in [5.74, 6) is -10.1. The number of aromatic nitrogens is 1. The summed E-state index contributed by atoms with van der Waals surface area (Å²) in [6.45, 7) is 6.48. The molecule has 3 rings (SSSR count). The molecule has 1 aromatic heterocycles. The number of amides is 9. The van der Waals surface area contributed by atoms with Gasteiger partial charge in [-0.1, -0.05) is 51.1 Å². The minimum Gasteiger partial charge on any atom is -0.481 e. The molecule has 9 N–H and O–H groups in total. The van der Waals surface area contributed by atoms with E-state index in [2.05, 4.69) is 26.6 Å². The summed E-state index contributed by atoms with van der Waals surface area (Å²) in [5, 5.41) is 31.6. The molecule has 82 heavy (non-hydrogen) atoms. The van der Waals surface area contributed by atoms with Crippen LogP contribution in [0.4, 0.5) is 8.78 Å². The van der Waals surface area contributed by atoms with Crippen molar-refractivity contribution in [2.75, 3.05) is 87.0 Å². The number of carbonyl (C=O) groups excluding carboxylic acids is 9. The number of aliphatic hydroxyl groups excluding tert-OH is 1. The van der Waals surface area contributed by atoms with E-state index in [1.54, 1.807) is 37.6 Å². The fourth-order valence-electron chi connectivity index (χ4n) is 8.34. The first-order valence-corrected chi connectivity index (χ1v) is 26.4. The van der Waals surface area contributed by atoms with Gasteiger partial charge in [-0.05, 0) is 55.5 Å². The topological polar surface area (TPSA) is 340 Å². The Hall–Kier alpha value is -7.88. The van der Waals surface area contributed by atoms with Gasteiger partial charge in [-0.15, -0.1) is 0 Å². The number of aliphatic hydroxyl groups is 1. The van der Waals surface area contributed by atoms with Crippen LogP contribution in [0.3, 0.4) is 0 Å². The number of nitrogens with one attached hydrogen (secondary N) is 5. The number of rotatable bonds is 35. The molecule has 2 aromatic carbocycles. The van der Waals surface area contributed by atoms with Gasteiger partial charge < -0.3 is 76.0 Å². The van der Waals surface area contributed by atoms with E-state index < -0.39 is 139 Å². The molecule has 0 aliphatic rings. The first-order chi connectivity index (χ1) is 38.7. The zero-order valence-electron chi connectivity index (χ0n) is 47.6. The molecule has 0 bridgehead atoms. The second kappa shape index (κ2) is 33.8. The summed E-state index contributed by atoms with van der Waals surface area (Å²) in [4.78, 5) is 134. The molecule has 452 valence electrons. The van der Waals surface area contributed by atoms with Gasteiger partial charge in [0.15, 0.2) is 0 Å².